The van der Waals surface area contributed by atoms with Crippen LogP contribution in [0.5, 0.6) is 0 Å². The molecule has 0 amide bonds. The Balaban J connectivity index is 1.74. The van der Waals surface area contributed by atoms with Crippen molar-refractivity contribution in [2.75, 3.05) is 0 Å². The van der Waals surface area contributed by atoms with Crippen LogP contribution in [-0.2, 0) is 22.4 Å². The molecule has 0 aromatic heterocycles. The normalized spacial score (nSPS) is 25.9. The Labute approximate surface area is 136 Å². The molecule has 2 aromatic carbocycles. The van der Waals surface area contributed by atoms with Gasteiger partial charge in [0.1, 0.15) is 0 Å². The minimum Gasteiger partial charge on any atom is -0.451 e. The SMILES string of the molecule is C[C@@]12CCc3ccccc3C1=N[C@@H](Cc1ccccc1)C(=O)O2. The number of hydrogen-bond donors (Lipinski definition) is 0. The van der Waals surface area contributed by atoms with Crippen molar-refractivity contribution < 1.29 is 9.53 Å². The molecule has 116 valence electrons. The monoisotopic (exact) mass is 305 g/mol. The van der Waals surface area contributed by atoms with Crippen LogP contribution in [0.2, 0.25) is 0 Å². The first-order valence-corrected chi connectivity index (χ1v) is 8.09. The van der Waals surface area contributed by atoms with Crippen molar-refractivity contribution in [2.24, 2.45) is 4.99 Å². The minimum absolute atomic E-state index is 0.209. The van der Waals surface area contributed by atoms with E-state index in [1.165, 1.54) is 5.56 Å². The van der Waals surface area contributed by atoms with Crippen molar-refractivity contribution in [3.63, 3.8) is 0 Å². The smallest absolute Gasteiger partial charge is 0.332 e. The molecule has 4 rings (SSSR count). The molecule has 0 spiro atoms. The largest absolute Gasteiger partial charge is 0.451 e. The molecule has 1 aliphatic heterocycles. The number of fused-ring (bicyclic) bond motifs is 3. The average molecular weight is 305 g/mol. The van der Waals surface area contributed by atoms with Crippen molar-refractivity contribution in [1.29, 1.82) is 0 Å². The fourth-order valence-electron chi connectivity index (χ4n) is 3.52. The summed E-state index contributed by atoms with van der Waals surface area (Å²) in [6.07, 6.45) is 2.30. The van der Waals surface area contributed by atoms with E-state index in [0.717, 1.165) is 29.7 Å². The minimum atomic E-state index is -0.585. The second-order valence-corrected chi connectivity index (χ2v) is 6.49. The zero-order valence-electron chi connectivity index (χ0n) is 13.2. The molecule has 0 radical (unpaired) electrons. The van der Waals surface area contributed by atoms with Gasteiger partial charge in [-0.25, -0.2) is 4.79 Å². The van der Waals surface area contributed by atoms with Gasteiger partial charge in [0.25, 0.3) is 0 Å². The van der Waals surface area contributed by atoms with Crippen molar-refractivity contribution in [3.05, 3.63) is 71.3 Å². The number of rotatable bonds is 2. The third-order valence-electron chi connectivity index (χ3n) is 4.80. The Morgan fingerprint density at radius 2 is 1.87 bits per heavy atom. The first-order chi connectivity index (χ1) is 11.2. The summed E-state index contributed by atoms with van der Waals surface area (Å²) >= 11 is 0. The first kappa shape index (κ1) is 14.2. The number of carbonyl (C=O) groups is 1. The highest BCUT2D eigenvalue weighted by Gasteiger charge is 2.45. The van der Waals surface area contributed by atoms with E-state index in [1.54, 1.807) is 0 Å². The molecular formula is C20H19NO2. The molecule has 0 saturated heterocycles. The highest BCUT2D eigenvalue weighted by atomic mass is 16.6. The summed E-state index contributed by atoms with van der Waals surface area (Å²) in [7, 11) is 0. The molecule has 0 fully saturated rings. The van der Waals surface area contributed by atoms with Gasteiger partial charge in [-0.2, -0.15) is 0 Å². The molecule has 2 atom stereocenters. The molecule has 1 aliphatic carbocycles. The summed E-state index contributed by atoms with van der Waals surface area (Å²) in [5.74, 6) is -0.209. The molecule has 1 heterocycles. The molecule has 2 aromatic rings. The number of hydrogen-bond acceptors (Lipinski definition) is 3. The molecule has 3 nitrogen and oxygen atoms in total. The van der Waals surface area contributed by atoms with Crippen molar-refractivity contribution in [2.45, 2.75) is 37.8 Å². The average Bonchev–Trinajstić information content (AvgIpc) is 2.57. The van der Waals surface area contributed by atoms with Gasteiger partial charge in [0.05, 0.1) is 5.71 Å². The van der Waals surface area contributed by atoms with Crippen molar-refractivity contribution in [3.8, 4) is 0 Å². The molecular weight excluding hydrogens is 286 g/mol. The van der Waals surface area contributed by atoms with E-state index in [-0.39, 0.29) is 5.97 Å². The van der Waals surface area contributed by atoms with E-state index in [9.17, 15) is 4.79 Å². The van der Waals surface area contributed by atoms with Crippen LogP contribution in [0, 0.1) is 0 Å². The maximum absolute atomic E-state index is 12.4. The zero-order valence-corrected chi connectivity index (χ0v) is 13.2. The van der Waals surface area contributed by atoms with Gasteiger partial charge in [-0.3, -0.25) is 4.99 Å². The molecule has 0 bridgehead atoms. The van der Waals surface area contributed by atoms with E-state index < -0.39 is 11.6 Å². The molecule has 23 heavy (non-hydrogen) atoms. The van der Waals surface area contributed by atoms with E-state index in [0.29, 0.717) is 6.42 Å². The summed E-state index contributed by atoms with van der Waals surface area (Å²) < 4.78 is 5.85. The summed E-state index contributed by atoms with van der Waals surface area (Å²) in [4.78, 5) is 17.3. The summed E-state index contributed by atoms with van der Waals surface area (Å²) in [6, 6.07) is 17.8. The number of aliphatic imine (C=N–C) groups is 1. The zero-order chi connectivity index (χ0) is 15.9. The Morgan fingerprint density at radius 3 is 2.70 bits per heavy atom. The van der Waals surface area contributed by atoms with Crippen LogP contribution < -0.4 is 0 Å². The summed E-state index contributed by atoms with van der Waals surface area (Å²) in [6.45, 7) is 1.98. The molecule has 0 saturated carbocycles. The van der Waals surface area contributed by atoms with Gasteiger partial charge >= 0.3 is 5.97 Å². The first-order valence-electron chi connectivity index (χ1n) is 8.09. The van der Waals surface area contributed by atoms with Gasteiger partial charge in [-0.15, -0.1) is 0 Å². The van der Waals surface area contributed by atoms with E-state index in [1.807, 2.05) is 43.3 Å². The summed E-state index contributed by atoms with van der Waals surface area (Å²) in [5, 5.41) is 0. The van der Waals surface area contributed by atoms with Crippen LogP contribution in [-0.4, -0.2) is 23.3 Å². The maximum atomic E-state index is 12.4. The number of aryl methyl sites for hydroxylation is 1. The van der Waals surface area contributed by atoms with Gasteiger partial charge in [-0.05, 0) is 30.9 Å². The topological polar surface area (TPSA) is 38.7 Å². The molecule has 0 unspecified atom stereocenters. The number of esters is 1. The maximum Gasteiger partial charge on any atom is 0.332 e. The lowest BCUT2D eigenvalue weighted by atomic mass is 9.78. The third-order valence-corrected chi connectivity index (χ3v) is 4.80. The quantitative estimate of drug-likeness (QED) is 0.798. The lowest BCUT2D eigenvalue weighted by molar-refractivity contribution is -0.156. The predicted octanol–water partition coefficient (Wildman–Crippen LogP) is 3.35. The lowest BCUT2D eigenvalue weighted by Crippen LogP contribution is -2.51. The van der Waals surface area contributed by atoms with Crippen LogP contribution in [0.15, 0.2) is 59.6 Å². The van der Waals surface area contributed by atoms with E-state index in [2.05, 4.69) is 18.2 Å². The van der Waals surface area contributed by atoms with Crippen LogP contribution >= 0.6 is 0 Å². The lowest BCUT2D eigenvalue weighted by Gasteiger charge is -2.40. The Bertz CT molecular complexity index is 781. The van der Waals surface area contributed by atoms with Gasteiger partial charge in [0.15, 0.2) is 11.6 Å². The Morgan fingerprint density at radius 1 is 1.13 bits per heavy atom. The van der Waals surface area contributed by atoms with Gasteiger partial charge in [-0.1, -0.05) is 54.6 Å². The third kappa shape index (κ3) is 2.46. The summed E-state index contributed by atoms with van der Waals surface area (Å²) in [5.41, 5.74) is 3.87. The number of ether oxygens (including phenoxy) is 1. The van der Waals surface area contributed by atoms with Crippen LogP contribution in [0.3, 0.4) is 0 Å². The number of nitrogens with zero attached hydrogens (tertiary/aromatic N) is 1. The number of carbonyl (C=O) groups excluding carboxylic acids is 1. The molecule has 2 aliphatic rings. The second-order valence-electron chi connectivity index (χ2n) is 6.49. The van der Waals surface area contributed by atoms with Gasteiger partial charge in [0.2, 0.25) is 0 Å². The van der Waals surface area contributed by atoms with E-state index in [4.69, 9.17) is 9.73 Å². The molecule has 0 N–H and O–H groups in total. The molecule has 3 heteroatoms. The van der Waals surface area contributed by atoms with Gasteiger partial charge in [0, 0.05) is 12.0 Å². The van der Waals surface area contributed by atoms with Crippen LogP contribution in [0.4, 0.5) is 0 Å². The standard InChI is InChI=1S/C20H19NO2/c1-20-12-11-15-9-5-6-10-16(15)18(20)21-17(19(22)23-20)13-14-7-3-2-4-8-14/h2-10,17H,11-13H2,1H3/t17-,20+/m0/s1. The highest BCUT2D eigenvalue weighted by Crippen LogP contribution is 2.35. The van der Waals surface area contributed by atoms with Crippen LogP contribution in [0.25, 0.3) is 0 Å². The fraction of sp³-hybridized carbons (Fsp3) is 0.300. The number of benzene rings is 2. The fourth-order valence-corrected chi connectivity index (χ4v) is 3.52. The van der Waals surface area contributed by atoms with Crippen molar-refractivity contribution >= 4 is 11.7 Å². The predicted molar refractivity (Wildman–Crippen MR) is 89.7 cm³/mol. The van der Waals surface area contributed by atoms with Crippen LogP contribution in [0.1, 0.15) is 30.0 Å². The van der Waals surface area contributed by atoms with E-state index >= 15 is 0 Å². The van der Waals surface area contributed by atoms with Crippen molar-refractivity contribution in [1.82, 2.24) is 0 Å². The second kappa shape index (κ2) is 5.34. The Kier molecular flexibility index (Phi) is 3.29. The highest BCUT2D eigenvalue weighted by molar-refractivity contribution is 6.11. The van der Waals surface area contributed by atoms with Gasteiger partial charge < -0.3 is 4.74 Å². The Hall–Kier alpha value is -2.42.